The molecule has 128 valence electrons. The molecule has 1 N–H and O–H groups in total. The van der Waals surface area contributed by atoms with Crippen LogP contribution in [0, 0.1) is 13.8 Å². The minimum Gasteiger partial charge on any atom is -0.299 e. The van der Waals surface area contributed by atoms with E-state index in [1.807, 2.05) is 13.8 Å². The quantitative estimate of drug-likeness (QED) is 0.765. The Morgan fingerprint density at radius 3 is 2.46 bits per heavy atom. The molecule has 0 saturated heterocycles. The summed E-state index contributed by atoms with van der Waals surface area (Å²) in [4.78, 5) is 19.8. The van der Waals surface area contributed by atoms with Crippen LogP contribution in [0.5, 0.6) is 0 Å². The molecule has 0 bridgehead atoms. The summed E-state index contributed by atoms with van der Waals surface area (Å²) in [5.74, 6) is 0.362. The zero-order chi connectivity index (χ0) is 16.8. The topological polar surface area (TPSA) is 68.5 Å². The molecule has 3 heterocycles. The third-order valence-electron chi connectivity index (χ3n) is 3.49. The lowest BCUT2D eigenvalue weighted by molar-refractivity contribution is -0.140. The van der Waals surface area contributed by atoms with Crippen molar-refractivity contribution in [3.8, 4) is 11.5 Å². The van der Waals surface area contributed by atoms with Crippen LogP contribution in [0.4, 0.5) is 13.2 Å². The van der Waals surface area contributed by atoms with E-state index >= 15 is 0 Å². The number of imidazole rings is 1. The summed E-state index contributed by atoms with van der Waals surface area (Å²) >= 11 is 0. The Bertz CT molecular complexity index is 925. The summed E-state index contributed by atoms with van der Waals surface area (Å²) in [7, 11) is 0. The zero-order valence-corrected chi connectivity index (χ0v) is 13.4. The second kappa shape index (κ2) is 6.16. The number of H-pyrrole nitrogens is 1. The Hall–Kier alpha value is -2.55. The zero-order valence-electron chi connectivity index (χ0n) is 12.6. The molecule has 0 fully saturated rings. The van der Waals surface area contributed by atoms with Crippen LogP contribution in [0.1, 0.15) is 16.8 Å². The summed E-state index contributed by atoms with van der Waals surface area (Å²) in [6.07, 6.45) is 0.0854. The molecule has 0 radical (unpaired) electrons. The number of aromatic nitrogens is 5. The lowest BCUT2D eigenvalue weighted by Crippen LogP contribution is -2.19. The Morgan fingerprint density at radius 2 is 1.88 bits per heavy atom. The van der Waals surface area contributed by atoms with Gasteiger partial charge in [0.05, 0.1) is 0 Å². The van der Waals surface area contributed by atoms with E-state index in [1.54, 1.807) is 12.3 Å². The molecule has 0 amide bonds. The average Bonchev–Trinajstić information content (AvgIpc) is 3.08. The van der Waals surface area contributed by atoms with Crippen molar-refractivity contribution < 1.29 is 13.2 Å². The lowest BCUT2D eigenvalue weighted by atomic mass is 10.2. The van der Waals surface area contributed by atoms with Gasteiger partial charge in [0.2, 0.25) is 0 Å². The van der Waals surface area contributed by atoms with Gasteiger partial charge in [-0.2, -0.15) is 17.9 Å². The maximum Gasteiger partial charge on any atom is 0.434 e. The first-order valence-corrected chi connectivity index (χ1v) is 6.63. The van der Waals surface area contributed by atoms with E-state index in [2.05, 4.69) is 15.1 Å². The van der Waals surface area contributed by atoms with Gasteiger partial charge >= 0.3 is 6.18 Å². The van der Waals surface area contributed by atoms with Crippen molar-refractivity contribution in [2.45, 2.75) is 20.0 Å². The van der Waals surface area contributed by atoms with Gasteiger partial charge in [0.25, 0.3) is 5.56 Å². The maximum atomic E-state index is 12.6. The molecule has 0 unspecified atom stereocenters. The Morgan fingerprint density at radius 1 is 1.17 bits per heavy atom. The van der Waals surface area contributed by atoms with Crippen LogP contribution in [0.2, 0.25) is 0 Å². The maximum absolute atomic E-state index is 12.6. The van der Waals surface area contributed by atoms with Crippen LogP contribution < -0.4 is 5.56 Å². The normalized spacial score (nSPS) is 11.4. The summed E-state index contributed by atoms with van der Waals surface area (Å²) in [5.41, 5.74) is 0.354. The number of rotatable bonds is 2. The molecule has 3 rings (SSSR count). The second-order valence-corrected chi connectivity index (χ2v) is 5.09. The van der Waals surface area contributed by atoms with Crippen LogP contribution >= 0.6 is 12.4 Å². The predicted molar refractivity (Wildman–Crippen MR) is 83.0 cm³/mol. The summed E-state index contributed by atoms with van der Waals surface area (Å²) in [6, 6.07) is 1.71. The van der Waals surface area contributed by atoms with Gasteiger partial charge < -0.3 is 0 Å². The molecule has 10 heteroatoms. The lowest BCUT2D eigenvalue weighted by Gasteiger charge is -2.04. The van der Waals surface area contributed by atoms with Gasteiger partial charge in [-0.1, -0.05) is 0 Å². The predicted octanol–water partition coefficient (Wildman–Crippen LogP) is 2.80. The minimum atomic E-state index is -4.56. The number of pyridine rings is 1. The number of hydrogen-bond acceptors (Lipinski definition) is 3. The van der Waals surface area contributed by atoms with Gasteiger partial charge in [-0.05, 0) is 31.0 Å². The highest BCUT2D eigenvalue weighted by molar-refractivity contribution is 5.85. The molecule has 6 nitrogen and oxygen atoms in total. The molecular weight excluding hydrogens is 347 g/mol. The molecule has 3 aromatic rings. The fourth-order valence-electron chi connectivity index (χ4n) is 2.05. The number of aromatic amines is 1. The first kappa shape index (κ1) is 17.8. The fraction of sp³-hybridized carbons (Fsp3) is 0.214. The smallest absolute Gasteiger partial charge is 0.299 e. The number of nitrogens with zero attached hydrogens (tertiary/aromatic N) is 4. The minimum absolute atomic E-state index is 0. The summed E-state index contributed by atoms with van der Waals surface area (Å²) in [5, 5.41) is 2.70. The largest absolute Gasteiger partial charge is 0.434 e. The molecule has 0 spiro atoms. The number of hydrogen-bond donors (Lipinski definition) is 1. The van der Waals surface area contributed by atoms with Crippen molar-refractivity contribution in [1.29, 1.82) is 0 Å². The van der Waals surface area contributed by atoms with E-state index in [9.17, 15) is 18.0 Å². The molecule has 24 heavy (non-hydrogen) atoms. The van der Waals surface area contributed by atoms with E-state index in [0.717, 1.165) is 32.9 Å². The molecule has 0 aliphatic rings. The van der Waals surface area contributed by atoms with Crippen LogP contribution in [-0.4, -0.2) is 24.3 Å². The third-order valence-corrected chi connectivity index (χ3v) is 3.49. The van der Waals surface area contributed by atoms with Gasteiger partial charge in [-0.15, -0.1) is 12.4 Å². The van der Waals surface area contributed by atoms with Gasteiger partial charge in [-0.25, -0.2) is 9.97 Å². The number of aryl methyl sites for hydroxylation is 2. The van der Waals surface area contributed by atoms with E-state index in [4.69, 9.17) is 0 Å². The third kappa shape index (κ3) is 3.07. The van der Waals surface area contributed by atoms with Crippen molar-refractivity contribution >= 4 is 12.4 Å². The van der Waals surface area contributed by atoms with E-state index in [1.165, 1.54) is 6.20 Å². The fourth-order valence-corrected chi connectivity index (χ4v) is 2.05. The van der Waals surface area contributed by atoms with Crippen molar-refractivity contribution in [3.63, 3.8) is 0 Å². The molecule has 0 atom stereocenters. The van der Waals surface area contributed by atoms with E-state index in [0.29, 0.717) is 5.82 Å². The Balaban J connectivity index is 0.00000208. The van der Waals surface area contributed by atoms with Gasteiger partial charge in [0.15, 0.2) is 11.5 Å². The second-order valence-electron chi connectivity index (χ2n) is 5.09. The monoisotopic (exact) mass is 359 g/mol. The molecular formula is C14H13ClF3N5O. The number of nitrogens with one attached hydrogen (secondary N) is 1. The molecule has 3 aromatic heterocycles. The first-order chi connectivity index (χ1) is 10.8. The molecule has 0 aromatic carbocycles. The molecule has 0 aliphatic carbocycles. The summed E-state index contributed by atoms with van der Waals surface area (Å²) in [6.45, 7) is 3.76. The average molecular weight is 360 g/mol. The first-order valence-electron chi connectivity index (χ1n) is 6.63. The number of alkyl halides is 3. The molecule has 0 saturated carbocycles. The van der Waals surface area contributed by atoms with Crippen molar-refractivity contribution in [1.82, 2.24) is 24.3 Å². The van der Waals surface area contributed by atoms with Crippen LogP contribution in [0.3, 0.4) is 0 Å². The van der Waals surface area contributed by atoms with Crippen LogP contribution in [-0.2, 0) is 6.18 Å². The highest BCUT2D eigenvalue weighted by Crippen LogP contribution is 2.27. The van der Waals surface area contributed by atoms with Crippen molar-refractivity contribution in [3.05, 3.63) is 58.2 Å². The van der Waals surface area contributed by atoms with Crippen molar-refractivity contribution in [2.75, 3.05) is 0 Å². The highest BCUT2D eigenvalue weighted by atomic mass is 35.5. The standard InChI is InChI=1S/C14H12F3N5O.ClH/c1-8-3-12(18-4-9(8)2)22-13(23)10(5-20-22)21-6-11(19-7-21)14(15,16)17;/h3-7,20H,1-2H3;1H. The van der Waals surface area contributed by atoms with Crippen molar-refractivity contribution in [2.24, 2.45) is 0 Å². The van der Waals surface area contributed by atoms with Gasteiger partial charge in [0.1, 0.15) is 12.0 Å². The molecule has 0 aliphatic heterocycles. The van der Waals surface area contributed by atoms with Gasteiger partial charge in [-0.3, -0.25) is 14.5 Å². The highest BCUT2D eigenvalue weighted by Gasteiger charge is 2.33. The van der Waals surface area contributed by atoms with E-state index < -0.39 is 17.4 Å². The van der Waals surface area contributed by atoms with Gasteiger partial charge in [0, 0.05) is 18.6 Å². The SMILES string of the molecule is Cc1cnc(-n2[nH]cc(-n3cnc(C(F)(F)F)c3)c2=O)cc1C.Cl. The number of halogens is 4. The van der Waals surface area contributed by atoms with E-state index in [-0.39, 0.29) is 18.1 Å². The van der Waals surface area contributed by atoms with Crippen LogP contribution in [0.25, 0.3) is 11.5 Å². The Kier molecular flexibility index (Phi) is 4.57. The van der Waals surface area contributed by atoms with Crippen LogP contribution in [0.15, 0.2) is 35.8 Å². The Labute approximate surface area is 140 Å². The summed E-state index contributed by atoms with van der Waals surface area (Å²) < 4.78 is 40.0.